The van der Waals surface area contributed by atoms with Crippen LogP contribution < -0.4 is 0 Å². The number of aromatic nitrogens is 4. The van der Waals surface area contributed by atoms with Gasteiger partial charge in [0.2, 0.25) is 0 Å². The van der Waals surface area contributed by atoms with Crippen molar-refractivity contribution in [3.05, 3.63) is 71.1 Å². The van der Waals surface area contributed by atoms with Crippen molar-refractivity contribution in [1.82, 2.24) is 19.3 Å². The molecule has 0 N–H and O–H groups in total. The normalized spacial score (nSPS) is 13.1. The lowest BCUT2D eigenvalue weighted by atomic mass is 9.81. The number of imidazole rings is 1. The highest BCUT2D eigenvalue weighted by Crippen LogP contribution is 2.33. The Kier molecular flexibility index (Phi) is 5.89. The second-order valence-corrected chi connectivity index (χ2v) is 10.9. The van der Waals surface area contributed by atoms with Gasteiger partial charge in [-0.25, -0.2) is 13.8 Å². The first-order chi connectivity index (χ1) is 14.2. The number of hydrogen-bond donors (Lipinski definition) is 0. The first-order valence-electron chi connectivity index (χ1n) is 10.7. The summed E-state index contributed by atoms with van der Waals surface area (Å²) in [6.45, 7) is 14.2. The molecule has 0 atom stereocenters. The summed E-state index contributed by atoms with van der Waals surface area (Å²) in [6.07, 6.45) is 8.46. The Morgan fingerprint density at radius 1 is 0.871 bits per heavy atom. The van der Waals surface area contributed by atoms with E-state index in [-0.39, 0.29) is 22.8 Å². The van der Waals surface area contributed by atoms with Gasteiger partial charge in [-0.05, 0) is 54.4 Å². The van der Waals surface area contributed by atoms with Crippen molar-refractivity contribution in [3.63, 3.8) is 0 Å². The minimum absolute atomic E-state index is 0.115. The third-order valence-electron chi connectivity index (χ3n) is 6.09. The SMILES string of the molecule is Cn1cc(C(C)(C)Cc2cncn2C(C)(C)Cc2c(F)cc(C(C)(C)C)cc2F)cn1. The van der Waals surface area contributed by atoms with E-state index in [9.17, 15) is 8.78 Å². The average Bonchev–Trinajstić information content (AvgIpc) is 3.26. The lowest BCUT2D eigenvalue weighted by Gasteiger charge is -2.32. The van der Waals surface area contributed by atoms with Gasteiger partial charge in [0.1, 0.15) is 11.6 Å². The van der Waals surface area contributed by atoms with Crippen LogP contribution >= 0.6 is 0 Å². The van der Waals surface area contributed by atoms with E-state index in [1.165, 1.54) is 12.1 Å². The highest BCUT2D eigenvalue weighted by Gasteiger charge is 2.30. The molecule has 0 spiro atoms. The van der Waals surface area contributed by atoms with Crippen molar-refractivity contribution in [3.8, 4) is 0 Å². The van der Waals surface area contributed by atoms with E-state index in [0.29, 0.717) is 5.56 Å². The van der Waals surface area contributed by atoms with Crippen molar-refractivity contribution in [2.75, 3.05) is 0 Å². The number of benzene rings is 1. The van der Waals surface area contributed by atoms with E-state index in [1.807, 2.05) is 64.8 Å². The number of rotatable bonds is 6. The standard InChI is InChI=1S/C25H34F2N4/c1-23(2,3)17-9-21(26)20(22(27)10-17)12-25(6,7)31-16-28-14-19(31)11-24(4,5)18-13-29-30(8)15-18/h9-10,13-16H,11-12H2,1-8H3. The topological polar surface area (TPSA) is 35.6 Å². The summed E-state index contributed by atoms with van der Waals surface area (Å²) in [5, 5.41) is 4.29. The molecular formula is C25H34F2N4. The van der Waals surface area contributed by atoms with Gasteiger partial charge in [0.25, 0.3) is 0 Å². The van der Waals surface area contributed by atoms with Gasteiger partial charge in [-0.15, -0.1) is 0 Å². The summed E-state index contributed by atoms with van der Waals surface area (Å²) in [7, 11) is 1.90. The average molecular weight is 429 g/mol. The van der Waals surface area contributed by atoms with Crippen LogP contribution in [0, 0.1) is 11.6 Å². The van der Waals surface area contributed by atoms with E-state index in [2.05, 4.69) is 23.9 Å². The smallest absolute Gasteiger partial charge is 0.129 e. The maximum absolute atomic E-state index is 14.9. The summed E-state index contributed by atoms with van der Waals surface area (Å²) in [5.41, 5.74) is 1.90. The highest BCUT2D eigenvalue weighted by atomic mass is 19.1. The van der Waals surface area contributed by atoms with Crippen LogP contribution in [0.1, 0.15) is 70.9 Å². The van der Waals surface area contributed by atoms with Crippen LogP contribution in [0.3, 0.4) is 0 Å². The fraction of sp³-hybridized carbons (Fsp3) is 0.520. The van der Waals surface area contributed by atoms with E-state index in [4.69, 9.17) is 0 Å². The molecule has 6 heteroatoms. The molecular weight excluding hydrogens is 394 g/mol. The van der Waals surface area contributed by atoms with Crippen LogP contribution in [-0.2, 0) is 36.3 Å². The van der Waals surface area contributed by atoms with Crippen LogP contribution in [0.15, 0.2) is 37.1 Å². The van der Waals surface area contributed by atoms with Crippen LogP contribution in [0.5, 0.6) is 0 Å². The zero-order valence-electron chi connectivity index (χ0n) is 19.9. The van der Waals surface area contributed by atoms with Gasteiger partial charge < -0.3 is 4.57 Å². The fourth-order valence-electron chi connectivity index (χ4n) is 4.05. The number of nitrogens with zero attached hydrogens (tertiary/aromatic N) is 4. The van der Waals surface area contributed by atoms with Crippen LogP contribution in [-0.4, -0.2) is 19.3 Å². The van der Waals surface area contributed by atoms with Gasteiger partial charge in [-0.1, -0.05) is 34.6 Å². The van der Waals surface area contributed by atoms with Gasteiger partial charge >= 0.3 is 0 Å². The molecule has 2 heterocycles. The highest BCUT2D eigenvalue weighted by molar-refractivity contribution is 5.31. The lowest BCUT2D eigenvalue weighted by Crippen LogP contribution is -2.33. The maximum Gasteiger partial charge on any atom is 0.129 e. The zero-order chi connectivity index (χ0) is 23.2. The molecule has 0 aliphatic carbocycles. The fourth-order valence-corrected chi connectivity index (χ4v) is 4.05. The molecule has 0 radical (unpaired) electrons. The van der Waals surface area contributed by atoms with E-state index in [1.54, 1.807) is 11.0 Å². The molecule has 3 aromatic rings. The van der Waals surface area contributed by atoms with Gasteiger partial charge in [0.05, 0.1) is 12.5 Å². The molecule has 3 rings (SSSR count). The van der Waals surface area contributed by atoms with Crippen LogP contribution in [0.25, 0.3) is 0 Å². The van der Waals surface area contributed by atoms with E-state index < -0.39 is 17.2 Å². The largest absolute Gasteiger partial charge is 0.329 e. The van der Waals surface area contributed by atoms with Gasteiger partial charge in [0, 0.05) is 42.7 Å². The summed E-state index contributed by atoms with van der Waals surface area (Å²) in [6, 6.07) is 2.93. The quantitative estimate of drug-likeness (QED) is 0.506. The second-order valence-electron chi connectivity index (χ2n) is 10.9. The van der Waals surface area contributed by atoms with Crippen molar-refractivity contribution in [1.29, 1.82) is 0 Å². The monoisotopic (exact) mass is 428 g/mol. The summed E-state index contributed by atoms with van der Waals surface area (Å²) in [5.74, 6) is -0.981. The molecule has 0 aliphatic heterocycles. The molecule has 0 fully saturated rings. The lowest BCUT2D eigenvalue weighted by molar-refractivity contribution is 0.324. The molecule has 168 valence electrons. The van der Waals surface area contributed by atoms with Crippen molar-refractivity contribution >= 4 is 0 Å². The van der Waals surface area contributed by atoms with Crippen molar-refractivity contribution < 1.29 is 8.78 Å². The van der Waals surface area contributed by atoms with E-state index >= 15 is 0 Å². The summed E-state index contributed by atoms with van der Waals surface area (Å²) >= 11 is 0. The van der Waals surface area contributed by atoms with Crippen molar-refractivity contribution in [2.45, 2.75) is 77.7 Å². The molecule has 0 saturated carbocycles. The summed E-state index contributed by atoms with van der Waals surface area (Å²) < 4.78 is 33.7. The Hall–Kier alpha value is -2.50. The van der Waals surface area contributed by atoms with Gasteiger partial charge in [0.15, 0.2) is 0 Å². The Labute approximate surface area is 184 Å². The molecule has 0 aliphatic rings. The zero-order valence-corrected chi connectivity index (χ0v) is 19.9. The first kappa shape index (κ1) is 23.2. The maximum atomic E-state index is 14.9. The summed E-state index contributed by atoms with van der Waals surface area (Å²) in [4.78, 5) is 4.36. The van der Waals surface area contributed by atoms with Gasteiger partial charge in [-0.2, -0.15) is 5.10 Å². The van der Waals surface area contributed by atoms with Crippen LogP contribution in [0.4, 0.5) is 8.78 Å². The third kappa shape index (κ3) is 4.89. The minimum Gasteiger partial charge on any atom is -0.329 e. The Balaban J connectivity index is 1.90. The first-order valence-corrected chi connectivity index (χ1v) is 10.7. The number of halogens is 2. The van der Waals surface area contributed by atoms with Gasteiger partial charge in [-0.3, -0.25) is 4.68 Å². The molecule has 1 aromatic carbocycles. The Morgan fingerprint density at radius 3 is 2.00 bits per heavy atom. The molecule has 4 nitrogen and oxygen atoms in total. The Morgan fingerprint density at radius 2 is 1.48 bits per heavy atom. The third-order valence-corrected chi connectivity index (χ3v) is 6.09. The minimum atomic E-state index is -0.554. The molecule has 0 saturated heterocycles. The number of hydrogen-bond acceptors (Lipinski definition) is 2. The Bertz CT molecular complexity index is 1040. The number of aryl methyl sites for hydroxylation is 1. The molecule has 0 unspecified atom stereocenters. The molecule has 2 aromatic heterocycles. The molecule has 0 bridgehead atoms. The van der Waals surface area contributed by atoms with Crippen molar-refractivity contribution in [2.24, 2.45) is 7.05 Å². The second kappa shape index (κ2) is 7.88. The van der Waals surface area contributed by atoms with Crippen LogP contribution in [0.2, 0.25) is 0 Å². The molecule has 0 amide bonds. The molecule has 31 heavy (non-hydrogen) atoms. The van der Waals surface area contributed by atoms with E-state index in [0.717, 1.165) is 17.7 Å². The predicted octanol–water partition coefficient (Wildman–Crippen LogP) is 5.69. The predicted molar refractivity (Wildman–Crippen MR) is 120 cm³/mol.